The highest BCUT2D eigenvalue weighted by molar-refractivity contribution is 5.75. The zero-order valence-corrected chi connectivity index (χ0v) is 6.60. The summed E-state index contributed by atoms with van der Waals surface area (Å²) in [6.07, 6.45) is 4.79. The number of nitrogens with one attached hydrogen (secondary N) is 1. The summed E-state index contributed by atoms with van der Waals surface area (Å²) < 4.78 is 1.46. The minimum atomic E-state index is -0.0969. The Morgan fingerprint density at radius 1 is 1.75 bits per heavy atom. The van der Waals surface area contributed by atoms with Crippen molar-refractivity contribution < 1.29 is 4.79 Å². The lowest BCUT2D eigenvalue weighted by atomic mass is 10.5. The Hall–Kier alpha value is -1.65. The predicted octanol–water partition coefficient (Wildman–Crippen LogP) is -0.420. The van der Waals surface area contributed by atoms with Crippen molar-refractivity contribution in [2.75, 3.05) is 6.54 Å². The summed E-state index contributed by atoms with van der Waals surface area (Å²) in [6, 6.07) is 0. The number of nitrogens with zero attached hydrogens (tertiary/aromatic N) is 3. The summed E-state index contributed by atoms with van der Waals surface area (Å²) in [7, 11) is 0. The molecule has 0 radical (unpaired) electrons. The molecule has 1 aromatic heterocycles. The first-order valence-corrected chi connectivity index (χ1v) is 3.54. The maximum Gasteiger partial charge on any atom is 0.242 e. The Bertz CT molecular complexity index is 254. The zero-order valence-electron chi connectivity index (χ0n) is 6.60. The largest absolute Gasteiger partial charge is 0.351 e. The van der Waals surface area contributed by atoms with Crippen LogP contribution >= 0.6 is 0 Å². The summed E-state index contributed by atoms with van der Waals surface area (Å²) in [4.78, 5) is 11.0. The van der Waals surface area contributed by atoms with Crippen LogP contribution in [0.25, 0.3) is 0 Å². The van der Waals surface area contributed by atoms with Gasteiger partial charge in [-0.15, -0.1) is 11.7 Å². The average molecular weight is 166 g/mol. The lowest BCUT2D eigenvalue weighted by molar-refractivity contribution is -0.121. The Kier molecular flexibility index (Phi) is 3.01. The smallest absolute Gasteiger partial charge is 0.242 e. The van der Waals surface area contributed by atoms with Gasteiger partial charge >= 0.3 is 0 Å². The normalized spacial score (nSPS) is 9.33. The molecule has 1 rings (SSSR count). The maximum atomic E-state index is 11.0. The van der Waals surface area contributed by atoms with Crippen LogP contribution in [0.2, 0.25) is 0 Å². The second-order valence-corrected chi connectivity index (χ2v) is 2.19. The van der Waals surface area contributed by atoms with Crippen LogP contribution in [0.1, 0.15) is 0 Å². The van der Waals surface area contributed by atoms with Crippen LogP contribution in [0.4, 0.5) is 0 Å². The van der Waals surface area contributed by atoms with E-state index in [1.165, 1.54) is 10.9 Å². The van der Waals surface area contributed by atoms with Gasteiger partial charge in [-0.1, -0.05) is 11.3 Å². The number of hydrogen-bond donors (Lipinski definition) is 1. The molecule has 1 aromatic rings. The lowest BCUT2D eigenvalue weighted by Crippen LogP contribution is -2.27. The minimum absolute atomic E-state index is 0.0969. The molecule has 0 fully saturated rings. The monoisotopic (exact) mass is 166 g/mol. The number of amides is 1. The molecular formula is C7H10N4O. The van der Waals surface area contributed by atoms with Gasteiger partial charge in [-0.25, -0.2) is 4.68 Å². The maximum absolute atomic E-state index is 11.0. The van der Waals surface area contributed by atoms with E-state index in [1.807, 2.05) is 0 Å². The molecule has 0 aliphatic carbocycles. The van der Waals surface area contributed by atoms with Gasteiger partial charge in [0, 0.05) is 12.7 Å². The van der Waals surface area contributed by atoms with Gasteiger partial charge in [0.1, 0.15) is 6.54 Å². The molecule has 1 amide bonds. The van der Waals surface area contributed by atoms with Gasteiger partial charge in [0.25, 0.3) is 0 Å². The molecule has 0 atom stereocenters. The van der Waals surface area contributed by atoms with Gasteiger partial charge in [0.2, 0.25) is 5.91 Å². The second-order valence-electron chi connectivity index (χ2n) is 2.19. The van der Waals surface area contributed by atoms with Crippen LogP contribution < -0.4 is 5.32 Å². The van der Waals surface area contributed by atoms with Gasteiger partial charge < -0.3 is 5.32 Å². The third kappa shape index (κ3) is 2.53. The highest BCUT2D eigenvalue weighted by Crippen LogP contribution is 1.80. The van der Waals surface area contributed by atoms with Crippen molar-refractivity contribution in [1.82, 2.24) is 20.3 Å². The van der Waals surface area contributed by atoms with Crippen LogP contribution in [-0.4, -0.2) is 27.4 Å². The van der Waals surface area contributed by atoms with Crippen molar-refractivity contribution in [3.8, 4) is 0 Å². The van der Waals surface area contributed by atoms with E-state index < -0.39 is 0 Å². The number of carbonyl (C=O) groups excluding carboxylic acids is 1. The van der Waals surface area contributed by atoms with E-state index in [2.05, 4.69) is 22.2 Å². The fourth-order valence-corrected chi connectivity index (χ4v) is 0.706. The highest BCUT2D eigenvalue weighted by atomic mass is 16.2. The average Bonchev–Trinajstić information content (AvgIpc) is 2.53. The van der Waals surface area contributed by atoms with Crippen molar-refractivity contribution in [1.29, 1.82) is 0 Å². The number of hydrogen-bond acceptors (Lipinski definition) is 3. The molecule has 0 saturated carbocycles. The Labute approximate surface area is 70.1 Å². The van der Waals surface area contributed by atoms with Crippen LogP contribution in [0.5, 0.6) is 0 Å². The third-order valence-corrected chi connectivity index (χ3v) is 1.22. The lowest BCUT2D eigenvalue weighted by Gasteiger charge is -2.00. The van der Waals surface area contributed by atoms with Crippen molar-refractivity contribution >= 4 is 5.91 Å². The summed E-state index contributed by atoms with van der Waals surface area (Å²) >= 11 is 0. The van der Waals surface area contributed by atoms with Gasteiger partial charge in [-0.3, -0.25) is 4.79 Å². The Morgan fingerprint density at radius 3 is 3.17 bits per heavy atom. The molecule has 12 heavy (non-hydrogen) atoms. The number of carbonyl (C=O) groups is 1. The molecule has 1 heterocycles. The van der Waals surface area contributed by atoms with Crippen LogP contribution in [0.3, 0.4) is 0 Å². The quantitative estimate of drug-likeness (QED) is 0.618. The first kappa shape index (κ1) is 8.45. The Balaban J connectivity index is 2.32. The minimum Gasteiger partial charge on any atom is -0.351 e. The molecule has 1 N–H and O–H groups in total. The summed E-state index contributed by atoms with van der Waals surface area (Å²) in [5.74, 6) is -0.0969. The van der Waals surface area contributed by atoms with Gasteiger partial charge in [0.05, 0.1) is 6.20 Å². The molecule has 0 spiro atoms. The van der Waals surface area contributed by atoms with Crippen LogP contribution in [0.15, 0.2) is 25.0 Å². The standard InChI is InChI=1S/C7H10N4O/c1-2-3-8-7(12)6-11-5-4-9-10-11/h2,4-5H,1,3,6H2,(H,8,12). The summed E-state index contributed by atoms with van der Waals surface area (Å²) in [5, 5.41) is 9.84. The number of rotatable bonds is 4. The van der Waals surface area contributed by atoms with Gasteiger partial charge in [-0.2, -0.15) is 0 Å². The van der Waals surface area contributed by atoms with E-state index in [-0.39, 0.29) is 12.5 Å². The molecule has 0 unspecified atom stereocenters. The zero-order chi connectivity index (χ0) is 8.81. The van der Waals surface area contributed by atoms with E-state index in [0.29, 0.717) is 6.54 Å². The molecule has 5 heteroatoms. The topological polar surface area (TPSA) is 59.8 Å². The van der Waals surface area contributed by atoms with Gasteiger partial charge in [-0.05, 0) is 0 Å². The SMILES string of the molecule is C=CCNC(=O)Cn1ccnn1. The van der Waals surface area contributed by atoms with E-state index in [4.69, 9.17) is 0 Å². The Morgan fingerprint density at radius 2 is 2.58 bits per heavy atom. The van der Waals surface area contributed by atoms with E-state index in [1.54, 1.807) is 12.3 Å². The fourth-order valence-electron chi connectivity index (χ4n) is 0.706. The van der Waals surface area contributed by atoms with Crippen LogP contribution in [-0.2, 0) is 11.3 Å². The molecule has 0 aliphatic heterocycles. The van der Waals surface area contributed by atoms with E-state index >= 15 is 0 Å². The molecule has 0 aromatic carbocycles. The first-order chi connectivity index (χ1) is 5.83. The third-order valence-electron chi connectivity index (χ3n) is 1.22. The van der Waals surface area contributed by atoms with Crippen molar-refractivity contribution in [2.45, 2.75) is 6.54 Å². The highest BCUT2D eigenvalue weighted by Gasteiger charge is 1.99. The molecule has 0 aliphatic rings. The molecule has 5 nitrogen and oxygen atoms in total. The molecule has 64 valence electrons. The van der Waals surface area contributed by atoms with E-state index in [9.17, 15) is 4.79 Å². The van der Waals surface area contributed by atoms with Crippen molar-refractivity contribution in [3.05, 3.63) is 25.0 Å². The summed E-state index contributed by atoms with van der Waals surface area (Å²) in [5.41, 5.74) is 0. The first-order valence-electron chi connectivity index (χ1n) is 3.54. The summed E-state index contributed by atoms with van der Waals surface area (Å²) in [6.45, 7) is 4.16. The van der Waals surface area contributed by atoms with Crippen LogP contribution in [0, 0.1) is 0 Å². The molecular weight excluding hydrogens is 156 g/mol. The number of aromatic nitrogens is 3. The van der Waals surface area contributed by atoms with Gasteiger partial charge in [0.15, 0.2) is 0 Å². The van der Waals surface area contributed by atoms with Crippen molar-refractivity contribution in [3.63, 3.8) is 0 Å². The molecule has 0 saturated heterocycles. The molecule has 0 bridgehead atoms. The predicted molar refractivity (Wildman–Crippen MR) is 43.2 cm³/mol. The van der Waals surface area contributed by atoms with E-state index in [0.717, 1.165) is 0 Å². The fraction of sp³-hybridized carbons (Fsp3) is 0.286. The van der Waals surface area contributed by atoms with Crippen molar-refractivity contribution in [2.24, 2.45) is 0 Å². The second kappa shape index (κ2) is 4.27.